The van der Waals surface area contributed by atoms with Crippen LogP contribution in [0.1, 0.15) is 46.1 Å². The molecule has 1 saturated carbocycles. The molecule has 4 rings (SSSR count). The number of nitrogens with zero attached hydrogens (tertiary/aromatic N) is 1. The van der Waals surface area contributed by atoms with Gasteiger partial charge in [0.1, 0.15) is 0 Å². The van der Waals surface area contributed by atoms with Crippen molar-refractivity contribution in [3.63, 3.8) is 0 Å². The lowest BCUT2D eigenvalue weighted by Crippen LogP contribution is -2.24. The van der Waals surface area contributed by atoms with E-state index in [0.29, 0.717) is 18.0 Å². The molecule has 1 amide bonds. The van der Waals surface area contributed by atoms with Gasteiger partial charge in [-0.15, -0.1) is 11.3 Å². The summed E-state index contributed by atoms with van der Waals surface area (Å²) >= 11 is 1.62. The van der Waals surface area contributed by atoms with Gasteiger partial charge in [0.25, 0.3) is 5.91 Å². The molecule has 1 aliphatic rings. The molecule has 0 radical (unpaired) electrons. The van der Waals surface area contributed by atoms with Gasteiger partial charge in [-0.25, -0.2) is 4.98 Å². The zero-order valence-corrected chi connectivity index (χ0v) is 15.2. The fourth-order valence-corrected chi connectivity index (χ4v) is 3.76. The van der Waals surface area contributed by atoms with Crippen LogP contribution in [0.5, 0.6) is 0 Å². The Morgan fingerprint density at radius 3 is 2.69 bits per heavy atom. The minimum atomic E-state index is -0.222. The zero-order chi connectivity index (χ0) is 18.1. The van der Waals surface area contributed by atoms with Crippen molar-refractivity contribution in [1.29, 1.82) is 0 Å². The molecule has 0 unspecified atom stereocenters. The van der Waals surface area contributed by atoms with Crippen molar-refractivity contribution in [2.45, 2.75) is 32.2 Å². The molecule has 1 aromatic carbocycles. The highest BCUT2D eigenvalue weighted by Crippen LogP contribution is 2.38. The number of aryl methyl sites for hydroxylation is 1. The van der Waals surface area contributed by atoms with Crippen LogP contribution in [0, 0.1) is 6.92 Å². The maximum absolute atomic E-state index is 12.4. The van der Waals surface area contributed by atoms with Crippen LogP contribution in [-0.2, 0) is 6.54 Å². The Kier molecular flexibility index (Phi) is 4.42. The number of aromatic amines is 1. The summed E-state index contributed by atoms with van der Waals surface area (Å²) in [4.78, 5) is 32.4. The van der Waals surface area contributed by atoms with Crippen molar-refractivity contribution in [1.82, 2.24) is 15.3 Å². The standard InChI is InChI=1S/C20H19N3O2S/c1-12-19(26-11-22-12)15-4-2-13(3-5-15)10-21-20(25)16-8-17(14-6-7-14)23-18(24)9-16/h2-5,8-9,11,14H,6-7,10H2,1H3,(H,21,25)(H,23,24). The number of carbonyl (C=O) groups is 1. The van der Waals surface area contributed by atoms with E-state index >= 15 is 0 Å². The van der Waals surface area contributed by atoms with Gasteiger partial charge in [0.2, 0.25) is 5.56 Å². The number of hydrogen-bond acceptors (Lipinski definition) is 4. The van der Waals surface area contributed by atoms with Gasteiger partial charge < -0.3 is 10.3 Å². The number of amides is 1. The molecule has 2 aromatic heterocycles. The van der Waals surface area contributed by atoms with Gasteiger partial charge in [0.15, 0.2) is 0 Å². The highest BCUT2D eigenvalue weighted by atomic mass is 32.1. The molecule has 0 atom stereocenters. The summed E-state index contributed by atoms with van der Waals surface area (Å²) in [7, 11) is 0. The van der Waals surface area contributed by atoms with Gasteiger partial charge in [-0.05, 0) is 42.9 Å². The van der Waals surface area contributed by atoms with Crippen molar-refractivity contribution in [2.24, 2.45) is 0 Å². The molecular formula is C20H19N3O2S. The average molecular weight is 365 g/mol. The Bertz CT molecular complexity index is 1000. The monoisotopic (exact) mass is 365 g/mol. The van der Waals surface area contributed by atoms with Gasteiger partial charge in [-0.2, -0.15) is 0 Å². The first kappa shape index (κ1) is 16.7. The van der Waals surface area contributed by atoms with E-state index in [1.165, 1.54) is 6.07 Å². The van der Waals surface area contributed by atoms with E-state index in [0.717, 1.165) is 40.2 Å². The highest BCUT2D eigenvalue weighted by Gasteiger charge is 2.25. The van der Waals surface area contributed by atoms with Crippen LogP contribution >= 0.6 is 11.3 Å². The lowest BCUT2D eigenvalue weighted by Gasteiger charge is -2.08. The normalized spacial score (nSPS) is 13.6. The second kappa shape index (κ2) is 6.88. The van der Waals surface area contributed by atoms with Crippen molar-refractivity contribution in [3.8, 4) is 10.4 Å². The van der Waals surface area contributed by atoms with Crippen LogP contribution in [0.3, 0.4) is 0 Å². The Hall–Kier alpha value is -2.73. The van der Waals surface area contributed by atoms with Gasteiger partial charge in [0.05, 0.1) is 16.1 Å². The predicted octanol–water partition coefficient (Wildman–Crippen LogP) is 3.61. The average Bonchev–Trinajstić information content (AvgIpc) is 3.41. The largest absolute Gasteiger partial charge is 0.348 e. The van der Waals surface area contributed by atoms with Crippen LogP contribution in [0.25, 0.3) is 10.4 Å². The molecule has 1 aliphatic carbocycles. The minimum absolute atomic E-state index is 0.219. The molecule has 0 saturated heterocycles. The van der Waals surface area contributed by atoms with E-state index < -0.39 is 0 Å². The van der Waals surface area contributed by atoms with Crippen molar-refractivity contribution >= 4 is 17.2 Å². The molecule has 0 aliphatic heterocycles. The molecule has 2 heterocycles. The number of hydrogen-bond donors (Lipinski definition) is 2. The smallest absolute Gasteiger partial charge is 0.251 e. The number of carbonyl (C=O) groups excluding carboxylic acids is 1. The Morgan fingerprint density at radius 1 is 1.27 bits per heavy atom. The van der Waals surface area contributed by atoms with E-state index in [1.807, 2.05) is 36.7 Å². The van der Waals surface area contributed by atoms with Crippen LogP contribution in [0.4, 0.5) is 0 Å². The summed E-state index contributed by atoms with van der Waals surface area (Å²) in [6.07, 6.45) is 2.15. The van der Waals surface area contributed by atoms with E-state index in [-0.39, 0.29) is 11.5 Å². The van der Waals surface area contributed by atoms with Crippen LogP contribution in [0.2, 0.25) is 0 Å². The number of benzene rings is 1. The summed E-state index contributed by atoms with van der Waals surface area (Å²) in [5.41, 5.74) is 6.08. The van der Waals surface area contributed by atoms with Crippen molar-refractivity contribution < 1.29 is 4.79 Å². The predicted molar refractivity (Wildman–Crippen MR) is 102 cm³/mol. The first-order chi connectivity index (χ1) is 12.6. The van der Waals surface area contributed by atoms with Gasteiger partial charge in [0, 0.05) is 23.9 Å². The number of aromatic nitrogens is 2. The molecule has 5 nitrogen and oxygen atoms in total. The highest BCUT2D eigenvalue weighted by molar-refractivity contribution is 7.13. The molecule has 2 N–H and O–H groups in total. The third-order valence-corrected chi connectivity index (χ3v) is 5.54. The number of pyridine rings is 1. The molecule has 6 heteroatoms. The van der Waals surface area contributed by atoms with E-state index in [1.54, 1.807) is 17.4 Å². The fourth-order valence-electron chi connectivity index (χ4n) is 2.95. The molecule has 0 bridgehead atoms. The Morgan fingerprint density at radius 2 is 2.04 bits per heavy atom. The Balaban J connectivity index is 1.43. The molecule has 0 spiro atoms. The maximum atomic E-state index is 12.4. The van der Waals surface area contributed by atoms with Gasteiger partial charge >= 0.3 is 0 Å². The zero-order valence-electron chi connectivity index (χ0n) is 14.4. The summed E-state index contributed by atoms with van der Waals surface area (Å²) in [5.74, 6) is 0.179. The van der Waals surface area contributed by atoms with Gasteiger partial charge in [-0.3, -0.25) is 9.59 Å². The summed E-state index contributed by atoms with van der Waals surface area (Å²) < 4.78 is 0. The summed E-state index contributed by atoms with van der Waals surface area (Å²) in [6, 6.07) is 11.2. The van der Waals surface area contributed by atoms with Crippen molar-refractivity contribution in [2.75, 3.05) is 0 Å². The van der Waals surface area contributed by atoms with Crippen LogP contribution in [-0.4, -0.2) is 15.9 Å². The van der Waals surface area contributed by atoms with E-state index in [2.05, 4.69) is 15.3 Å². The van der Waals surface area contributed by atoms with Gasteiger partial charge in [-0.1, -0.05) is 24.3 Å². The fraction of sp³-hybridized carbons (Fsp3) is 0.250. The number of nitrogens with one attached hydrogen (secondary N) is 2. The minimum Gasteiger partial charge on any atom is -0.348 e. The number of thiazole rings is 1. The Labute approximate surface area is 155 Å². The molecule has 132 valence electrons. The lowest BCUT2D eigenvalue weighted by molar-refractivity contribution is 0.0950. The third kappa shape index (κ3) is 3.60. The topological polar surface area (TPSA) is 74.8 Å². The second-order valence-electron chi connectivity index (χ2n) is 6.61. The molecule has 1 fully saturated rings. The third-order valence-electron chi connectivity index (χ3n) is 4.56. The summed E-state index contributed by atoms with van der Waals surface area (Å²) in [6.45, 7) is 2.42. The first-order valence-corrected chi connectivity index (χ1v) is 9.50. The summed E-state index contributed by atoms with van der Waals surface area (Å²) in [5, 5.41) is 2.89. The molecule has 3 aromatic rings. The first-order valence-electron chi connectivity index (χ1n) is 8.62. The number of rotatable bonds is 5. The van der Waals surface area contributed by atoms with E-state index in [9.17, 15) is 9.59 Å². The lowest BCUT2D eigenvalue weighted by atomic mass is 10.1. The molecule has 26 heavy (non-hydrogen) atoms. The van der Waals surface area contributed by atoms with Crippen LogP contribution in [0.15, 0.2) is 46.7 Å². The van der Waals surface area contributed by atoms with Crippen LogP contribution < -0.4 is 10.9 Å². The van der Waals surface area contributed by atoms with E-state index in [4.69, 9.17) is 0 Å². The quantitative estimate of drug-likeness (QED) is 0.725. The maximum Gasteiger partial charge on any atom is 0.251 e. The SMILES string of the molecule is Cc1ncsc1-c1ccc(CNC(=O)c2cc(C3CC3)[nH]c(=O)c2)cc1. The second-order valence-corrected chi connectivity index (χ2v) is 7.46. The van der Waals surface area contributed by atoms with Crippen molar-refractivity contribution in [3.05, 3.63) is 74.8 Å². The molecular weight excluding hydrogens is 346 g/mol. The number of H-pyrrole nitrogens is 1.